The average Bonchev–Trinajstić information content (AvgIpc) is 2.32. The Balaban J connectivity index is 2.68. The van der Waals surface area contributed by atoms with Crippen molar-refractivity contribution in [1.29, 1.82) is 0 Å². The summed E-state index contributed by atoms with van der Waals surface area (Å²) in [5.74, 6) is -1.16. The monoisotopic (exact) mass is 281 g/mol. The van der Waals surface area contributed by atoms with Gasteiger partial charge in [0.2, 0.25) is 11.8 Å². The zero-order valence-electron chi connectivity index (χ0n) is 11.7. The van der Waals surface area contributed by atoms with Crippen molar-refractivity contribution in [2.24, 2.45) is 5.73 Å². The Morgan fingerprint density at radius 3 is 2.65 bits per heavy atom. The molecule has 1 unspecified atom stereocenters. The molecule has 0 aliphatic heterocycles. The third-order valence-corrected chi connectivity index (χ3v) is 2.67. The van der Waals surface area contributed by atoms with Crippen LogP contribution in [-0.2, 0) is 9.59 Å². The number of hydrogen-bond donors (Lipinski definition) is 3. The van der Waals surface area contributed by atoms with E-state index in [1.54, 1.807) is 0 Å². The van der Waals surface area contributed by atoms with Crippen LogP contribution >= 0.6 is 0 Å². The number of nitrogens with one attached hydrogen (secondary N) is 2. The number of rotatable bonds is 6. The molecule has 0 saturated heterocycles. The molecule has 0 heterocycles. The highest BCUT2D eigenvalue weighted by Crippen LogP contribution is 2.20. The van der Waals surface area contributed by atoms with E-state index in [0.29, 0.717) is 5.69 Å². The highest BCUT2D eigenvalue weighted by Gasteiger charge is 2.10. The summed E-state index contributed by atoms with van der Waals surface area (Å²) < 4.78 is 13.4. The lowest BCUT2D eigenvalue weighted by Gasteiger charge is -2.12. The van der Waals surface area contributed by atoms with E-state index in [1.165, 1.54) is 25.1 Å². The van der Waals surface area contributed by atoms with Crippen LogP contribution in [0.4, 0.5) is 15.8 Å². The zero-order chi connectivity index (χ0) is 15.1. The molecule has 4 N–H and O–H groups in total. The van der Waals surface area contributed by atoms with Crippen LogP contribution in [0.15, 0.2) is 18.2 Å². The molecular formula is C14H20FN3O2. The van der Waals surface area contributed by atoms with Gasteiger partial charge in [0.1, 0.15) is 5.82 Å². The van der Waals surface area contributed by atoms with Gasteiger partial charge in [-0.15, -0.1) is 0 Å². The molecule has 0 aliphatic carbocycles. The predicted octanol–water partition coefficient (Wildman–Crippen LogP) is 2.24. The van der Waals surface area contributed by atoms with Gasteiger partial charge in [0.25, 0.3) is 0 Å². The summed E-state index contributed by atoms with van der Waals surface area (Å²) in [5.41, 5.74) is 6.24. The second-order valence-corrected chi connectivity index (χ2v) is 4.68. The Kier molecular flexibility index (Phi) is 6.11. The first-order chi connectivity index (χ1) is 9.42. The van der Waals surface area contributed by atoms with Gasteiger partial charge in [-0.3, -0.25) is 9.59 Å². The van der Waals surface area contributed by atoms with Crippen molar-refractivity contribution in [2.75, 3.05) is 10.6 Å². The Morgan fingerprint density at radius 2 is 2.05 bits per heavy atom. The molecule has 2 amide bonds. The second-order valence-electron chi connectivity index (χ2n) is 4.68. The smallest absolute Gasteiger partial charge is 0.225 e. The maximum absolute atomic E-state index is 13.4. The van der Waals surface area contributed by atoms with Crippen molar-refractivity contribution in [3.05, 3.63) is 24.0 Å². The molecule has 1 atom stereocenters. The molecule has 0 aliphatic rings. The number of amides is 2. The molecule has 0 radical (unpaired) electrons. The van der Waals surface area contributed by atoms with E-state index < -0.39 is 5.82 Å². The molecular weight excluding hydrogens is 261 g/mol. The fraction of sp³-hybridized carbons (Fsp3) is 0.429. The Bertz CT molecular complexity index is 491. The van der Waals surface area contributed by atoms with Gasteiger partial charge in [0.05, 0.1) is 5.69 Å². The average molecular weight is 281 g/mol. The van der Waals surface area contributed by atoms with Gasteiger partial charge in [-0.25, -0.2) is 4.39 Å². The number of hydrogen-bond acceptors (Lipinski definition) is 3. The molecule has 0 fully saturated rings. The summed E-state index contributed by atoms with van der Waals surface area (Å²) in [5, 5.41) is 4.99. The first-order valence-electron chi connectivity index (χ1n) is 6.55. The molecule has 0 bridgehead atoms. The van der Waals surface area contributed by atoms with Crippen LogP contribution in [0.25, 0.3) is 0 Å². The Hall–Kier alpha value is -1.95. The van der Waals surface area contributed by atoms with Crippen LogP contribution in [0.1, 0.15) is 33.1 Å². The minimum Gasteiger partial charge on any atom is -0.327 e. The van der Waals surface area contributed by atoms with Crippen LogP contribution in [0, 0.1) is 5.82 Å². The molecule has 20 heavy (non-hydrogen) atoms. The van der Waals surface area contributed by atoms with Crippen LogP contribution in [0.2, 0.25) is 0 Å². The van der Waals surface area contributed by atoms with Crippen molar-refractivity contribution in [3.8, 4) is 0 Å². The molecule has 6 heteroatoms. The SMILES string of the molecule is CCCC(N)CC(=O)Nc1ccc(F)c(NC(C)=O)c1. The normalized spacial score (nSPS) is 11.8. The van der Waals surface area contributed by atoms with E-state index >= 15 is 0 Å². The van der Waals surface area contributed by atoms with E-state index in [0.717, 1.165) is 12.8 Å². The largest absolute Gasteiger partial charge is 0.327 e. The van der Waals surface area contributed by atoms with Crippen molar-refractivity contribution in [1.82, 2.24) is 0 Å². The van der Waals surface area contributed by atoms with Gasteiger partial charge in [-0.1, -0.05) is 13.3 Å². The van der Waals surface area contributed by atoms with Crippen molar-refractivity contribution < 1.29 is 14.0 Å². The number of halogens is 1. The molecule has 5 nitrogen and oxygen atoms in total. The molecule has 1 aromatic rings. The lowest BCUT2D eigenvalue weighted by molar-refractivity contribution is -0.116. The number of anilines is 2. The third kappa shape index (κ3) is 5.36. The van der Waals surface area contributed by atoms with E-state index in [2.05, 4.69) is 10.6 Å². The van der Waals surface area contributed by atoms with Crippen LogP contribution in [-0.4, -0.2) is 17.9 Å². The second kappa shape index (κ2) is 7.59. The molecule has 1 aromatic carbocycles. The number of carbonyl (C=O) groups is 2. The molecule has 110 valence electrons. The highest BCUT2D eigenvalue weighted by atomic mass is 19.1. The Labute approximate surface area is 117 Å². The van der Waals surface area contributed by atoms with Crippen LogP contribution in [0.5, 0.6) is 0 Å². The lowest BCUT2D eigenvalue weighted by Crippen LogP contribution is -2.26. The van der Waals surface area contributed by atoms with Gasteiger partial charge in [-0.2, -0.15) is 0 Å². The van der Waals surface area contributed by atoms with E-state index in [1.807, 2.05) is 6.92 Å². The fourth-order valence-corrected chi connectivity index (χ4v) is 1.81. The van der Waals surface area contributed by atoms with Gasteiger partial charge in [0.15, 0.2) is 0 Å². The Morgan fingerprint density at radius 1 is 1.35 bits per heavy atom. The predicted molar refractivity (Wildman–Crippen MR) is 76.8 cm³/mol. The summed E-state index contributed by atoms with van der Waals surface area (Å²) >= 11 is 0. The van der Waals surface area contributed by atoms with E-state index in [9.17, 15) is 14.0 Å². The van der Waals surface area contributed by atoms with E-state index in [-0.39, 0.29) is 30.0 Å². The number of benzene rings is 1. The maximum atomic E-state index is 13.4. The summed E-state index contributed by atoms with van der Waals surface area (Å²) in [6.45, 7) is 3.28. The number of carbonyl (C=O) groups excluding carboxylic acids is 2. The number of nitrogens with two attached hydrogens (primary N) is 1. The fourth-order valence-electron chi connectivity index (χ4n) is 1.81. The molecule has 0 aromatic heterocycles. The quantitative estimate of drug-likeness (QED) is 0.747. The third-order valence-electron chi connectivity index (χ3n) is 2.67. The zero-order valence-corrected chi connectivity index (χ0v) is 11.7. The molecule has 1 rings (SSSR count). The highest BCUT2D eigenvalue weighted by molar-refractivity contribution is 5.93. The summed E-state index contributed by atoms with van der Waals surface area (Å²) in [4.78, 5) is 22.7. The molecule has 0 saturated carbocycles. The van der Waals surface area contributed by atoms with Gasteiger partial charge >= 0.3 is 0 Å². The van der Waals surface area contributed by atoms with Gasteiger partial charge in [-0.05, 0) is 24.6 Å². The minimum absolute atomic E-state index is 0.0353. The first-order valence-corrected chi connectivity index (χ1v) is 6.55. The van der Waals surface area contributed by atoms with Crippen LogP contribution in [0.3, 0.4) is 0 Å². The summed E-state index contributed by atoms with van der Waals surface area (Å²) in [6, 6.07) is 3.81. The van der Waals surface area contributed by atoms with Crippen LogP contribution < -0.4 is 16.4 Å². The van der Waals surface area contributed by atoms with Crippen molar-refractivity contribution >= 4 is 23.2 Å². The minimum atomic E-state index is -0.555. The topological polar surface area (TPSA) is 84.2 Å². The first kappa shape index (κ1) is 16.1. The molecule has 0 spiro atoms. The lowest BCUT2D eigenvalue weighted by atomic mass is 10.1. The summed E-state index contributed by atoms with van der Waals surface area (Å²) in [6.07, 6.45) is 1.90. The van der Waals surface area contributed by atoms with Gasteiger partial charge < -0.3 is 16.4 Å². The van der Waals surface area contributed by atoms with Gasteiger partial charge in [0, 0.05) is 25.1 Å². The maximum Gasteiger partial charge on any atom is 0.225 e. The summed E-state index contributed by atoms with van der Waals surface area (Å²) in [7, 11) is 0. The van der Waals surface area contributed by atoms with Crippen molar-refractivity contribution in [2.45, 2.75) is 39.2 Å². The van der Waals surface area contributed by atoms with E-state index in [4.69, 9.17) is 5.73 Å². The standard InChI is InChI=1S/C14H20FN3O2/c1-3-4-10(16)7-14(20)18-11-5-6-12(15)13(8-11)17-9(2)19/h5-6,8,10H,3-4,7,16H2,1-2H3,(H,17,19)(H,18,20). The van der Waals surface area contributed by atoms with Crippen molar-refractivity contribution in [3.63, 3.8) is 0 Å².